The second-order valence-corrected chi connectivity index (χ2v) is 4.04. The van der Waals surface area contributed by atoms with Crippen molar-refractivity contribution in [3.8, 4) is 0 Å². The van der Waals surface area contributed by atoms with E-state index in [2.05, 4.69) is 5.32 Å². The van der Waals surface area contributed by atoms with Gasteiger partial charge in [0, 0.05) is 13.2 Å². The van der Waals surface area contributed by atoms with Gasteiger partial charge in [-0.25, -0.2) is 0 Å². The molecule has 1 rings (SSSR count). The van der Waals surface area contributed by atoms with Crippen molar-refractivity contribution in [2.75, 3.05) is 19.7 Å². The lowest BCUT2D eigenvalue weighted by Crippen LogP contribution is -2.30. The molecule has 0 bridgehead atoms. The summed E-state index contributed by atoms with van der Waals surface area (Å²) in [6.45, 7) is 4.60. The highest BCUT2D eigenvalue weighted by Gasteiger charge is 2.12. The van der Waals surface area contributed by atoms with Crippen LogP contribution in [0, 0.1) is 0 Å². The fourth-order valence-corrected chi connectivity index (χ4v) is 1.71. The van der Waals surface area contributed by atoms with Crippen LogP contribution in [0.5, 0.6) is 0 Å². The van der Waals surface area contributed by atoms with Crippen LogP contribution in [0.3, 0.4) is 0 Å². The first-order valence-corrected chi connectivity index (χ1v) is 5.83. The van der Waals surface area contributed by atoms with Crippen LogP contribution in [0.1, 0.15) is 39.0 Å². The van der Waals surface area contributed by atoms with Crippen molar-refractivity contribution in [3.63, 3.8) is 0 Å². The summed E-state index contributed by atoms with van der Waals surface area (Å²) >= 11 is 0. The lowest BCUT2D eigenvalue weighted by atomic mass is 10.1. The molecular formula is C11H23NO2. The van der Waals surface area contributed by atoms with E-state index in [-0.39, 0.29) is 6.10 Å². The summed E-state index contributed by atoms with van der Waals surface area (Å²) in [6, 6.07) is 0. The number of hydrogen-bond acceptors (Lipinski definition) is 3. The molecule has 0 saturated carbocycles. The van der Waals surface area contributed by atoms with Crippen LogP contribution < -0.4 is 5.32 Å². The Morgan fingerprint density at radius 2 is 2.36 bits per heavy atom. The van der Waals surface area contributed by atoms with Gasteiger partial charge in [-0.05, 0) is 38.6 Å². The monoisotopic (exact) mass is 201 g/mol. The minimum Gasteiger partial charge on any atom is -0.392 e. The molecule has 2 N–H and O–H groups in total. The summed E-state index contributed by atoms with van der Waals surface area (Å²) in [5.41, 5.74) is 0. The topological polar surface area (TPSA) is 41.5 Å². The number of aliphatic hydroxyl groups excluding tert-OH is 1. The first kappa shape index (κ1) is 12.0. The third-order valence-electron chi connectivity index (χ3n) is 2.77. The van der Waals surface area contributed by atoms with Gasteiger partial charge in [-0.2, -0.15) is 0 Å². The molecule has 0 spiro atoms. The van der Waals surface area contributed by atoms with Crippen molar-refractivity contribution in [1.82, 2.24) is 5.32 Å². The highest BCUT2D eigenvalue weighted by molar-refractivity contribution is 4.65. The zero-order chi connectivity index (χ0) is 10.2. The second-order valence-electron chi connectivity index (χ2n) is 4.04. The summed E-state index contributed by atoms with van der Waals surface area (Å²) in [4.78, 5) is 0. The van der Waals surface area contributed by atoms with Crippen molar-refractivity contribution < 1.29 is 9.84 Å². The van der Waals surface area contributed by atoms with Gasteiger partial charge in [-0.15, -0.1) is 0 Å². The van der Waals surface area contributed by atoms with Crippen LogP contribution >= 0.6 is 0 Å². The van der Waals surface area contributed by atoms with E-state index in [0.717, 1.165) is 26.0 Å². The maximum atomic E-state index is 9.30. The van der Waals surface area contributed by atoms with E-state index in [1.807, 2.05) is 6.92 Å². The fraction of sp³-hybridized carbons (Fsp3) is 1.00. The molecule has 0 radical (unpaired) electrons. The van der Waals surface area contributed by atoms with Crippen LogP contribution in [0.4, 0.5) is 0 Å². The molecule has 0 aromatic heterocycles. The first-order chi connectivity index (χ1) is 6.83. The van der Waals surface area contributed by atoms with Gasteiger partial charge in [0.25, 0.3) is 0 Å². The Morgan fingerprint density at radius 1 is 1.50 bits per heavy atom. The van der Waals surface area contributed by atoms with Crippen LogP contribution in [0.15, 0.2) is 0 Å². The molecule has 1 saturated heterocycles. The van der Waals surface area contributed by atoms with Crippen LogP contribution in [0.25, 0.3) is 0 Å². The molecule has 1 aliphatic rings. The van der Waals surface area contributed by atoms with Crippen molar-refractivity contribution in [2.24, 2.45) is 0 Å². The van der Waals surface area contributed by atoms with E-state index in [9.17, 15) is 5.11 Å². The number of nitrogens with one attached hydrogen (secondary N) is 1. The molecule has 3 nitrogen and oxygen atoms in total. The fourth-order valence-electron chi connectivity index (χ4n) is 1.71. The standard InChI is InChI=1S/C11H23NO2/c1-2-10(13)9-12-7-6-11-5-3-4-8-14-11/h10-13H,2-9H2,1H3. The number of ether oxygens (including phenoxy) is 1. The summed E-state index contributed by atoms with van der Waals surface area (Å²) in [7, 11) is 0. The molecule has 1 heterocycles. The van der Waals surface area contributed by atoms with Gasteiger partial charge < -0.3 is 15.2 Å². The minimum absolute atomic E-state index is 0.192. The summed E-state index contributed by atoms with van der Waals surface area (Å²) < 4.78 is 5.61. The van der Waals surface area contributed by atoms with Gasteiger partial charge in [0.2, 0.25) is 0 Å². The quantitative estimate of drug-likeness (QED) is 0.637. The predicted octanol–water partition coefficient (Wildman–Crippen LogP) is 1.31. The SMILES string of the molecule is CCC(O)CNCCC1CCCCO1. The Labute approximate surface area is 86.8 Å². The molecule has 84 valence electrons. The van der Waals surface area contributed by atoms with Crippen molar-refractivity contribution in [1.29, 1.82) is 0 Å². The lowest BCUT2D eigenvalue weighted by molar-refractivity contribution is 0.0111. The largest absolute Gasteiger partial charge is 0.392 e. The van der Waals surface area contributed by atoms with Gasteiger partial charge in [0.1, 0.15) is 0 Å². The highest BCUT2D eigenvalue weighted by Crippen LogP contribution is 2.14. The maximum absolute atomic E-state index is 9.30. The zero-order valence-corrected chi connectivity index (χ0v) is 9.17. The Morgan fingerprint density at radius 3 is 3.00 bits per heavy atom. The Balaban J connectivity index is 1.92. The average molecular weight is 201 g/mol. The third-order valence-corrected chi connectivity index (χ3v) is 2.77. The molecule has 1 fully saturated rings. The Kier molecular flexibility index (Phi) is 6.15. The zero-order valence-electron chi connectivity index (χ0n) is 9.17. The van der Waals surface area contributed by atoms with E-state index in [1.165, 1.54) is 19.3 Å². The molecule has 0 aromatic rings. The van der Waals surface area contributed by atoms with E-state index < -0.39 is 0 Å². The lowest BCUT2D eigenvalue weighted by Gasteiger charge is -2.22. The smallest absolute Gasteiger partial charge is 0.0662 e. The first-order valence-electron chi connectivity index (χ1n) is 5.83. The van der Waals surface area contributed by atoms with Gasteiger partial charge >= 0.3 is 0 Å². The molecule has 0 amide bonds. The van der Waals surface area contributed by atoms with Gasteiger partial charge in [-0.3, -0.25) is 0 Å². The Hall–Kier alpha value is -0.120. The molecule has 1 aliphatic heterocycles. The summed E-state index contributed by atoms with van der Waals surface area (Å²) in [5, 5.41) is 12.6. The Bertz CT molecular complexity index is 135. The van der Waals surface area contributed by atoms with Crippen LogP contribution in [-0.4, -0.2) is 37.0 Å². The molecule has 3 heteroatoms. The van der Waals surface area contributed by atoms with Gasteiger partial charge in [0.05, 0.1) is 12.2 Å². The van der Waals surface area contributed by atoms with Crippen molar-refractivity contribution in [2.45, 2.75) is 51.2 Å². The van der Waals surface area contributed by atoms with E-state index >= 15 is 0 Å². The number of aliphatic hydroxyl groups is 1. The van der Waals surface area contributed by atoms with Crippen LogP contribution in [0.2, 0.25) is 0 Å². The predicted molar refractivity (Wildman–Crippen MR) is 57.4 cm³/mol. The second kappa shape index (κ2) is 7.21. The van der Waals surface area contributed by atoms with Gasteiger partial charge in [0.15, 0.2) is 0 Å². The van der Waals surface area contributed by atoms with E-state index in [4.69, 9.17) is 4.74 Å². The molecule has 0 aliphatic carbocycles. The maximum Gasteiger partial charge on any atom is 0.0662 e. The van der Waals surface area contributed by atoms with E-state index in [1.54, 1.807) is 0 Å². The molecular weight excluding hydrogens is 178 g/mol. The molecule has 2 unspecified atom stereocenters. The number of hydrogen-bond donors (Lipinski definition) is 2. The average Bonchev–Trinajstić information content (AvgIpc) is 2.25. The normalized spacial score (nSPS) is 24.9. The molecule has 2 atom stereocenters. The van der Waals surface area contributed by atoms with Crippen LogP contribution in [-0.2, 0) is 4.74 Å². The highest BCUT2D eigenvalue weighted by atomic mass is 16.5. The summed E-state index contributed by atoms with van der Waals surface area (Å²) in [5.74, 6) is 0. The number of rotatable bonds is 6. The minimum atomic E-state index is -0.192. The van der Waals surface area contributed by atoms with Crippen molar-refractivity contribution in [3.05, 3.63) is 0 Å². The summed E-state index contributed by atoms with van der Waals surface area (Å²) in [6.07, 6.45) is 5.90. The van der Waals surface area contributed by atoms with Gasteiger partial charge in [-0.1, -0.05) is 6.92 Å². The van der Waals surface area contributed by atoms with E-state index in [0.29, 0.717) is 12.6 Å². The molecule has 14 heavy (non-hydrogen) atoms. The third kappa shape index (κ3) is 4.94. The molecule has 0 aromatic carbocycles. The van der Waals surface area contributed by atoms with Crippen molar-refractivity contribution >= 4 is 0 Å².